The van der Waals surface area contributed by atoms with Crippen molar-refractivity contribution in [3.05, 3.63) is 0 Å². The van der Waals surface area contributed by atoms with E-state index in [4.69, 9.17) is 4.74 Å². The molecule has 0 aromatic rings. The lowest BCUT2D eigenvalue weighted by Gasteiger charge is -2.55. The van der Waals surface area contributed by atoms with Gasteiger partial charge in [0.15, 0.2) is 0 Å². The molecule has 5 fully saturated rings. The van der Waals surface area contributed by atoms with E-state index >= 15 is 0 Å². The molecule has 2 aliphatic carbocycles. The number of likely N-dealkylation sites (tertiary alicyclic amines) is 1. The van der Waals surface area contributed by atoms with E-state index in [0.717, 1.165) is 25.7 Å². The second-order valence-electron chi connectivity index (χ2n) is 8.73. The number of aliphatic hydroxyl groups excluding tert-OH is 2. The van der Waals surface area contributed by atoms with Crippen molar-refractivity contribution in [2.24, 2.45) is 5.41 Å². The Morgan fingerprint density at radius 2 is 1.92 bits per heavy atom. The van der Waals surface area contributed by atoms with Crippen molar-refractivity contribution < 1.29 is 24.5 Å². The first-order chi connectivity index (χ1) is 11.2. The van der Waals surface area contributed by atoms with Crippen LogP contribution < -0.4 is 5.32 Å². The van der Waals surface area contributed by atoms with Gasteiger partial charge in [-0.3, -0.25) is 9.59 Å². The summed E-state index contributed by atoms with van der Waals surface area (Å²) in [7, 11) is 0. The van der Waals surface area contributed by atoms with Gasteiger partial charge in [-0.2, -0.15) is 0 Å². The first-order valence-electron chi connectivity index (χ1n) is 8.75. The van der Waals surface area contributed by atoms with Crippen LogP contribution in [0.4, 0.5) is 0 Å². The number of hydrogen-bond acceptors (Lipinski definition) is 5. The van der Waals surface area contributed by atoms with E-state index in [1.807, 2.05) is 6.92 Å². The second kappa shape index (κ2) is 4.71. The van der Waals surface area contributed by atoms with Crippen molar-refractivity contribution in [2.45, 2.75) is 68.8 Å². The highest BCUT2D eigenvalue weighted by Gasteiger charge is 2.77. The van der Waals surface area contributed by atoms with Crippen LogP contribution in [-0.4, -0.2) is 69.5 Å². The highest BCUT2D eigenvalue weighted by Crippen LogP contribution is 2.63. The zero-order valence-corrected chi connectivity index (χ0v) is 14.3. The molecule has 7 nitrogen and oxygen atoms in total. The molecule has 5 aliphatic rings. The molecule has 1 spiro atoms. The van der Waals surface area contributed by atoms with E-state index in [0.29, 0.717) is 19.5 Å². The van der Waals surface area contributed by atoms with Crippen molar-refractivity contribution in [3.63, 3.8) is 0 Å². The number of hydrogen-bond donors (Lipinski definition) is 3. The smallest absolute Gasteiger partial charge is 0.249 e. The second-order valence-corrected chi connectivity index (χ2v) is 8.73. The summed E-state index contributed by atoms with van der Waals surface area (Å²) >= 11 is 0. The molecular weight excluding hydrogens is 312 g/mol. The molecule has 3 N–H and O–H groups in total. The number of aliphatic hydroxyl groups is 2. The van der Waals surface area contributed by atoms with Gasteiger partial charge in [-0.25, -0.2) is 0 Å². The Kier molecular flexibility index (Phi) is 3.20. The maximum Gasteiger partial charge on any atom is 0.249 e. The summed E-state index contributed by atoms with van der Waals surface area (Å²) in [5, 5.41) is 21.9. The summed E-state index contributed by atoms with van der Waals surface area (Å²) in [6, 6.07) is 0. The van der Waals surface area contributed by atoms with Gasteiger partial charge in [0.05, 0.1) is 24.2 Å². The lowest BCUT2D eigenvalue weighted by Crippen LogP contribution is -2.77. The highest BCUT2D eigenvalue weighted by molar-refractivity contribution is 5.82. The molecular formula is C17H26N2O5. The quantitative estimate of drug-likeness (QED) is 0.630. The van der Waals surface area contributed by atoms with Gasteiger partial charge in [0.2, 0.25) is 11.8 Å². The Morgan fingerprint density at radius 3 is 2.42 bits per heavy atom. The van der Waals surface area contributed by atoms with Gasteiger partial charge in [0.25, 0.3) is 0 Å². The van der Waals surface area contributed by atoms with Crippen molar-refractivity contribution in [2.75, 3.05) is 19.7 Å². The molecule has 0 aromatic heterocycles. The molecule has 24 heavy (non-hydrogen) atoms. The number of carbonyl (C=O) groups excluding carboxylic acids is 2. The molecule has 3 heterocycles. The SMILES string of the molecule is CC(O)C(=O)NC12CC(C)(C1)OC21CN(C(=O)CC2(CO)CC2)C1. The lowest BCUT2D eigenvalue weighted by atomic mass is 9.60. The Labute approximate surface area is 141 Å². The highest BCUT2D eigenvalue weighted by atomic mass is 16.5. The zero-order chi connectivity index (χ0) is 17.4. The Bertz CT molecular complexity index is 586. The molecule has 0 radical (unpaired) electrons. The molecule has 3 saturated heterocycles. The van der Waals surface area contributed by atoms with Crippen LogP contribution in [0.25, 0.3) is 0 Å². The number of ether oxygens (including phenoxy) is 1. The molecule has 1 atom stereocenters. The minimum Gasteiger partial charge on any atom is -0.396 e. The van der Waals surface area contributed by atoms with E-state index < -0.39 is 17.2 Å². The van der Waals surface area contributed by atoms with Crippen LogP contribution >= 0.6 is 0 Å². The van der Waals surface area contributed by atoms with Gasteiger partial charge < -0.3 is 25.2 Å². The Morgan fingerprint density at radius 1 is 1.29 bits per heavy atom. The molecule has 2 bridgehead atoms. The molecule has 2 amide bonds. The van der Waals surface area contributed by atoms with Crippen LogP contribution in [-0.2, 0) is 14.3 Å². The lowest BCUT2D eigenvalue weighted by molar-refractivity contribution is -0.170. The number of carbonyl (C=O) groups is 2. The van der Waals surface area contributed by atoms with Crippen LogP contribution in [0, 0.1) is 5.41 Å². The van der Waals surface area contributed by atoms with E-state index in [2.05, 4.69) is 5.32 Å². The molecule has 3 aliphatic heterocycles. The van der Waals surface area contributed by atoms with Crippen LogP contribution in [0.1, 0.15) is 46.0 Å². The normalized spacial score (nSPS) is 38.2. The third kappa shape index (κ3) is 2.14. The van der Waals surface area contributed by atoms with Crippen molar-refractivity contribution in [1.29, 1.82) is 0 Å². The standard InChI is InChI=1S/C17H26N2O5/c1-11(21)13(23)18-16-6-14(2,7-16)24-17(16)8-19(9-17)12(22)5-15(10-20)3-4-15/h11,20-21H,3-10H2,1-2H3,(H,18,23). The van der Waals surface area contributed by atoms with E-state index in [-0.39, 0.29) is 29.4 Å². The molecule has 134 valence electrons. The van der Waals surface area contributed by atoms with Gasteiger partial charge >= 0.3 is 0 Å². The van der Waals surface area contributed by atoms with E-state index in [9.17, 15) is 19.8 Å². The average Bonchev–Trinajstić information content (AvgIpc) is 3.08. The fourth-order valence-corrected chi connectivity index (χ4v) is 4.85. The van der Waals surface area contributed by atoms with Crippen LogP contribution in [0.15, 0.2) is 0 Å². The summed E-state index contributed by atoms with van der Waals surface area (Å²) in [4.78, 5) is 26.2. The van der Waals surface area contributed by atoms with E-state index in [1.54, 1.807) is 4.90 Å². The van der Waals surface area contributed by atoms with Crippen molar-refractivity contribution >= 4 is 11.8 Å². The van der Waals surface area contributed by atoms with Crippen molar-refractivity contribution in [3.8, 4) is 0 Å². The minimum atomic E-state index is -1.05. The van der Waals surface area contributed by atoms with Gasteiger partial charge in [0.1, 0.15) is 11.7 Å². The summed E-state index contributed by atoms with van der Waals surface area (Å²) in [5.74, 6) is -0.328. The maximum absolute atomic E-state index is 12.4. The molecule has 1 unspecified atom stereocenters. The summed E-state index contributed by atoms with van der Waals surface area (Å²) in [6.45, 7) is 4.50. The van der Waals surface area contributed by atoms with Gasteiger partial charge in [0, 0.05) is 31.3 Å². The Hall–Kier alpha value is -1.18. The average molecular weight is 338 g/mol. The van der Waals surface area contributed by atoms with Crippen LogP contribution in [0.2, 0.25) is 0 Å². The first-order valence-corrected chi connectivity index (χ1v) is 8.75. The number of nitrogens with zero attached hydrogens (tertiary/aromatic N) is 1. The largest absolute Gasteiger partial charge is 0.396 e. The third-order valence-corrected chi connectivity index (χ3v) is 6.47. The Balaban J connectivity index is 1.43. The van der Waals surface area contributed by atoms with Crippen LogP contribution in [0.5, 0.6) is 0 Å². The first kappa shape index (κ1) is 16.3. The summed E-state index contributed by atoms with van der Waals surface area (Å²) in [6.07, 6.45) is 2.61. The third-order valence-electron chi connectivity index (χ3n) is 6.47. The number of amides is 2. The maximum atomic E-state index is 12.4. The molecule has 7 heteroatoms. The predicted molar refractivity (Wildman–Crippen MR) is 84.0 cm³/mol. The van der Waals surface area contributed by atoms with Gasteiger partial charge in [-0.15, -0.1) is 0 Å². The predicted octanol–water partition coefficient (Wildman–Crippen LogP) is -0.451. The molecule has 0 aromatic carbocycles. The zero-order valence-electron chi connectivity index (χ0n) is 14.3. The summed E-state index contributed by atoms with van der Waals surface area (Å²) in [5.41, 5.74) is -1.44. The molecule has 2 saturated carbocycles. The molecule has 5 rings (SSSR count). The number of rotatable bonds is 5. The van der Waals surface area contributed by atoms with Gasteiger partial charge in [-0.1, -0.05) is 0 Å². The topological polar surface area (TPSA) is 99.1 Å². The van der Waals surface area contributed by atoms with Gasteiger partial charge in [-0.05, 0) is 26.7 Å². The summed E-state index contributed by atoms with van der Waals surface area (Å²) < 4.78 is 6.24. The van der Waals surface area contributed by atoms with Crippen LogP contribution in [0.3, 0.4) is 0 Å². The fraction of sp³-hybridized carbons (Fsp3) is 0.882. The fourth-order valence-electron chi connectivity index (χ4n) is 4.85. The minimum absolute atomic E-state index is 0.0574. The van der Waals surface area contributed by atoms with Crippen molar-refractivity contribution in [1.82, 2.24) is 10.2 Å². The van der Waals surface area contributed by atoms with E-state index in [1.165, 1.54) is 6.92 Å². The monoisotopic (exact) mass is 338 g/mol. The number of nitrogens with one attached hydrogen (secondary N) is 1.